The van der Waals surface area contributed by atoms with Gasteiger partial charge in [-0.3, -0.25) is 4.40 Å². The highest BCUT2D eigenvalue weighted by Crippen LogP contribution is 2.06. The van der Waals surface area contributed by atoms with Gasteiger partial charge >= 0.3 is 0 Å². The molecule has 0 aliphatic carbocycles. The van der Waals surface area contributed by atoms with Crippen molar-refractivity contribution in [3.05, 3.63) is 18.1 Å². The monoisotopic (exact) mass is 160 g/mol. The molecule has 0 amide bonds. The molecule has 0 fully saturated rings. The number of anilines is 1. The van der Waals surface area contributed by atoms with Gasteiger partial charge in [0.2, 0.25) is 0 Å². The Hall–Kier alpha value is -2.16. The zero-order valence-electron chi connectivity index (χ0n) is 5.97. The Labute approximate surface area is 67.3 Å². The molecule has 12 heavy (non-hydrogen) atoms. The van der Waals surface area contributed by atoms with Crippen LogP contribution in [0.15, 0.2) is 12.5 Å². The number of nitrogen functional groups attached to an aromatic ring is 1. The van der Waals surface area contributed by atoms with Gasteiger partial charge in [-0.05, 0) is 0 Å². The lowest BCUT2D eigenvalue weighted by Gasteiger charge is -1.95. The second kappa shape index (κ2) is 2.17. The van der Waals surface area contributed by atoms with Crippen LogP contribution < -0.4 is 5.73 Å². The van der Waals surface area contributed by atoms with E-state index in [1.165, 1.54) is 16.9 Å². The summed E-state index contributed by atoms with van der Waals surface area (Å²) in [7, 11) is 0. The molecule has 6 heteroatoms. The van der Waals surface area contributed by atoms with Gasteiger partial charge in [0.05, 0.1) is 0 Å². The van der Waals surface area contributed by atoms with Crippen LogP contribution in [0.25, 0.3) is 5.78 Å². The van der Waals surface area contributed by atoms with Crippen LogP contribution in [0.3, 0.4) is 0 Å². The van der Waals surface area contributed by atoms with Crippen molar-refractivity contribution in [2.75, 3.05) is 5.73 Å². The van der Waals surface area contributed by atoms with Gasteiger partial charge in [-0.2, -0.15) is 10.2 Å². The van der Waals surface area contributed by atoms with Crippen molar-refractivity contribution in [3.8, 4) is 6.07 Å². The molecule has 0 bridgehead atoms. The van der Waals surface area contributed by atoms with Gasteiger partial charge in [-0.15, -0.1) is 10.2 Å². The smallest absolute Gasteiger partial charge is 0.256 e. The molecule has 0 aliphatic rings. The number of aromatic nitrogens is 4. The summed E-state index contributed by atoms with van der Waals surface area (Å²) in [5.41, 5.74) is 5.76. The quantitative estimate of drug-likeness (QED) is 0.564. The number of fused-ring (bicyclic) bond motifs is 1. The average molecular weight is 160 g/mol. The Morgan fingerprint density at radius 1 is 1.58 bits per heavy atom. The fourth-order valence-electron chi connectivity index (χ4n) is 0.867. The third-order valence-corrected chi connectivity index (χ3v) is 1.44. The summed E-state index contributed by atoms with van der Waals surface area (Å²) in [6.45, 7) is 0. The molecule has 0 saturated carbocycles. The summed E-state index contributed by atoms with van der Waals surface area (Å²) in [5, 5.41) is 15.9. The summed E-state index contributed by atoms with van der Waals surface area (Å²) in [4.78, 5) is 3.85. The van der Waals surface area contributed by atoms with Crippen LogP contribution in [0.4, 0.5) is 5.82 Å². The topological polar surface area (TPSA) is 92.9 Å². The standard InChI is InChI=1S/C6H4N6/c7-1-4-2-12-3-9-11-6(12)10-5(4)8/h2-3H,(H2,8,10,11). The Morgan fingerprint density at radius 2 is 2.42 bits per heavy atom. The zero-order chi connectivity index (χ0) is 8.55. The van der Waals surface area contributed by atoms with Crippen LogP contribution in [0.5, 0.6) is 0 Å². The van der Waals surface area contributed by atoms with E-state index in [-0.39, 0.29) is 5.82 Å². The maximum atomic E-state index is 8.59. The SMILES string of the molecule is N#Cc1cn2cnnc2nc1N. The van der Waals surface area contributed by atoms with E-state index in [1.807, 2.05) is 6.07 Å². The van der Waals surface area contributed by atoms with Gasteiger partial charge in [0.1, 0.15) is 23.8 Å². The first-order valence-electron chi connectivity index (χ1n) is 3.17. The maximum Gasteiger partial charge on any atom is 0.256 e. The molecule has 0 unspecified atom stereocenters. The summed E-state index contributed by atoms with van der Waals surface area (Å²) in [6.07, 6.45) is 3.00. The molecular formula is C6H4N6. The van der Waals surface area contributed by atoms with E-state index in [9.17, 15) is 0 Å². The third kappa shape index (κ3) is 0.769. The summed E-state index contributed by atoms with van der Waals surface area (Å²) in [6, 6.07) is 1.91. The van der Waals surface area contributed by atoms with Crippen LogP contribution in [0.2, 0.25) is 0 Å². The van der Waals surface area contributed by atoms with Crippen LogP contribution in [-0.4, -0.2) is 19.6 Å². The molecule has 0 saturated heterocycles. The Bertz CT molecular complexity index is 464. The van der Waals surface area contributed by atoms with Gasteiger partial charge in [0, 0.05) is 6.20 Å². The van der Waals surface area contributed by atoms with E-state index >= 15 is 0 Å². The lowest BCUT2D eigenvalue weighted by atomic mass is 10.3. The Balaban J connectivity index is 2.84. The second-order valence-electron chi connectivity index (χ2n) is 2.19. The molecule has 0 spiro atoms. The molecule has 2 rings (SSSR count). The van der Waals surface area contributed by atoms with Crippen molar-refractivity contribution in [2.45, 2.75) is 0 Å². The van der Waals surface area contributed by atoms with Gasteiger partial charge in [-0.1, -0.05) is 0 Å². The highest BCUT2D eigenvalue weighted by Gasteiger charge is 2.03. The van der Waals surface area contributed by atoms with Crippen molar-refractivity contribution < 1.29 is 0 Å². The number of rotatable bonds is 0. The second-order valence-corrected chi connectivity index (χ2v) is 2.19. The fraction of sp³-hybridized carbons (Fsp3) is 0. The number of nitrogens with two attached hydrogens (primary N) is 1. The zero-order valence-corrected chi connectivity index (χ0v) is 5.97. The Kier molecular flexibility index (Phi) is 1.18. The molecule has 2 aromatic heterocycles. The molecule has 2 heterocycles. The first kappa shape index (κ1) is 6.54. The number of nitriles is 1. The molecule has 58 valence electrons. The van der Waals surface area contributed by atoms with Crippen LogP contribution in [-0.2, 0) is 0 Å². The molecule has 0 radical (unpaired) electrons. The molecule has 6 nitrogen and oxygen atoms in total. The van der Waals surface area contributed by atoms with Crippen LogP contribution in [0.1, 0.15) is 5.56 Å². The number of hydrogen-bond donors (Lipinski definition) is 1. The van der Waals surface area contributed by atoms with Crippen LogP contribution in [0, 0.1) is 11.3 Å². The first-order valence-corrected chi connectivity index (χ1v) is 3.17. The minimum Gasteiger partial charge on any atom is -0.382 e. The molecule has 0 atom stereocenters. The summed E-state index contributed by atoms with van der Waals surface area (Å²) >= 11 is 0. The minimum atomic E-state index is 0.179. The van der Waals surface area contributed by atoms with Gasteiger partial charge < -0.3 is 5.73 Å². The molecule has 0 aliphatic heterocycles. The predicted molar refractivity (Wildman–Crippen MR) is 39.9 cm³/mol. The van der Waals surface area contributed by atoms with E-state index < -0.39 is 0 Å². The lowest BCUT2D eigenvalue weighted by Crippen LogP contribution is -1.98. The largest absolute Gasteiger partial charge is 0.382 e. The van der Waals surface area contributed by atoms with Crippen molar-refractivity contribution in [2.24, 2.45) is 0 Å². The van der Waals surface area contributed by atoms with Gasteiger partial charge in [0.15, 0.2) is 0 Å². The highest BCUT2D eigenvalue weighted by molar-refractivity contribution is 5.50. The van der Waals surface area contributed by atoms with E-state index in [2.05, 4.69) is 15.2 Å². The molecular weight excluding hydrogens is 156 g/mol. The molecule has 2 N–H and O–H groups in total. The van der Waals surface area contributed by atoms with E-state index in [0.29, 0.717) is 11.3 Å². The van der Waals surface area contributed by atoms with E-state index in [4.69, 9.17) is 11.0 Å². The number of hydrogen-bond acceptors (Lipinski definition) is 5. The molecule has 0 aromatic carbocycles. The Morgan fingerprint density at radius 3 is 3.17 bits per heavy atom. The van der Waals surface area contributed by atoms with Crippen molar-refractivity contribution in [1.29, 1.82) is 5.26 Å². The molecule has 2 aromatic rings. The summed E-state index contributed by atoms with van der Waals surface area (Å²) in [5.74, 6) is 0.574. The maximum absolute atomic E-state index is 8.59. The predicted octanol–water partition coefficient (Wildman–Crippen LogP) is -0.422. The van der Waals surface area contributed by atoms with E-state index in [0.717, 1.165) is 0 Å². The third-order valence-electron chi connectivity index (χ3n) is 1.44. The normalized spacial score (nSPS) is 9.92. The van der Waals surface area contributed by atoms with Crippen molar-refractivity contribution >= 4 is 11.6 Å². The van der Waals surface area contributed by atoms with Gasteiger partial charge in [0.25, 0.3) is 5.78 Å². The van der Waals surface area contributed by atoms with E-state index in [1.54, 1.807) is 0 Å². The van der Waals surface area contributed by atoms with Gasteiger partial charge in [-0.25, -0.2) is 0 Å². The van der Waals surface area contributed by atoms with Crippen molar-refractivity contribution in [1.82, 2.24) is 19.6 Å². The lowest BCUT2D eigenvalue weighted by molar-refractivity contribution is 1.10. The fourth-order valence-corrected chi connectivity index (χ4v) is 0.867. The average Bonchev–Trinajstić information content (AvgIpc) is 2.49. The number of nitrogens with zero attached hydrogens (tertiary/aromatic N) is 5. The highest BCUT2D eigenvalue weighted by atomic mass is 15.3. The van der Waals surface area contributed by atoms with Crippen molar-refractivity contribution in [3.63, 3.8) is 0 Å². The minimum absolute atomic E-state index is 0.179. The van der Waals surface area contributed by atoms with Crippen LogP contribution >= 0.6 is 0 Å². The first-order chi connectivity index (χ1) is 5.81. The summed E-state index contributed by atoms with van der Waals surface area (Å²) < 4.78 is 1.54.